The molecular weight excluding hydrogens is 410 g/mol. The number of aliphatic imine (C=N–C) groups is 1. The summed E-state index contributed by atoms with van der Waals surface area (Å²) in [5.74, 6) is -0.422. The third kappa shape index (κ3) is 5.32. The van der Waals surface area contributed by atoms with E-state index in [0.29, 0.717) is 49.7 Å². The van der Waals surface area contributed by atoms with Gasteiger partial charge in [-0.15, -0.1) is 13.2 Å². The zero-order valence-corrected chi connectivity index (χ0v) is 16.9. The van der Waals surface area contributed by atoms with Crippen molar-refractivity contribution in [2.45, 2.75) is 51.1 Å². The lowest BCUT2D eigenvalue weighted by molar-refractivity contribution is -0.274. The molecule has 3 nitrogen and oxygen atoms in total. The number of carbonyl (C=O) groups is 1. The van der Waals surface area contributed by atoms with Gasteiger partial charge in [0.1, 0.15) is 11.9 Å². The lowest BCUT2D eigenvalue weighted by atomic mass is 9.82. The Morgan fingerprint density at radius 2 is 1.94 bits per heavy atom. The first-order valence-electron chi connectivity index (χ1n) is 10.5. The van der Waals surface area contributed by atoms with Crippen LogP contribution in [0.5, 0.6) is 5.75 Å². The molecule has 1 fully saturated rings. The number of halogens is 4. The summed E-state index contributed by atoms with van der Waals surface area (Å²) >= 11 is 0. The van der Waals surface area contributed by atoms with Crippen LogP contribution in [0.15, 0.2) is 64.3 Å². The molecule has 0 amide bonds. The van der Waals surface area contributed by atoms with Crippen LogP contribution >= 0.6 is 0 Å². The average Bonchev–Trinajstić information content (AvgIpc) is 2.94. The molecule has 7 heteroatoms. The van der Waals surface area contributed by atoms with Gasteiger partial charge in [-0.1, -0.05) is 24.3 Å². The number of nitrogens with zero attached hydrogens (tertiary/aromatic N) is 1. The molecule has 1 unspecified atom stereocenters. The van der Waals surface area contributed by atoms with Crippen LogP contribution in [0, 0.1) is 11.8 Å². The lowest BCUT2D eigenvalue weighted by Crippen LogP contribution is -2.23. The minimum Gasteiger partial charge on any atom is -0.406 e. The number of benzene rings is 1. The van der Waals surface area contributed by atoms with Crippen molar-refractivity contribution >= 4 is 12.0 Å². The molecule has 1 saturated carbocycles. The number of Topliss-reactive ketones (excluding diaryl/α,β-unsaturated/α-hetero) is 1. The van der Waals surface area contributed by atoms with Crippen LogP contribution in [-0.4, -0.2) is 24.5 Å². The van der Waals surface area contributed by atoms with E-state index < -0.39 is 12.5 Å². The van der Waals surface area contributed by atoms with Gasteiger partial charge in [-0.3, -0.25) is 9.79 Å². The molecule has 0 aromatic heterocycles. The highest BCUT2D eigenvalue weighted by atomic mass is 19.4. The summed E-state index contributed by atoms with van der Waals surface area (Å²) in [6.45, 7) is 0. The zero-order valence-electron chi connectivity index (χ0n) is 16.9. The van der Waals surface area contributed by atoms with Crippen molar-refractivity contribution in [3.8, 4) is 5.75 Å². The maximum Gasteiger partial charge on any atom is 0.573 e. The largest absolute Gasteiger partial charge is 0.573 e. The second kappa shape index (κ2) is 8.81. The fourth-order valence-electron chi connectivity index (χ4n) is 4.43. The van der Waals surface area contributed by atoms with E-state index in [-0.39, 0.29) is 23.4 Å². The zero-order chi connectivity index (χ0) is 22.0. The summed E-state index contributed by atoms with van der Waals surface area (Å²) < 4.78 is 54.9. The minimum atomic E-state index is -4.73. The van der Waals surface area contributed by atoms with Gasteiger partial charge in [0.25, 0.3) is 0 Å². The maximum absolute atomic E-state index is 13.4. The van der Waals surface area contributed by atoms with Gasteiger partial charge in [0.05, 0.1) is 5.70 Å². The van der Waals surface area contributed by atoms with Crippen LogP contribution < -0.4 is 4.74 Å². The van der Waals surface area contributed by atoms with Crippen molar-refractivity contribution in [2.24, 2.45) is 16.8 Å². The van der Waals surface area contributed by atoms with Crippen LogP contribution in [0.4, 0.5) is 17.6 Å². The Hall–Kier alpha value is -2.70. The number of allylic oxidation sites excluding steroid dienone is 5. The number of rotatable bonds is 5. The van der Waals surface area contributed by atoms with Gasteiger partial charge < -0.3 is 4.74 Å². The molecule has 1 aromatic carbocycles. The number of alkyl halides is 4. The van der Waals surface area contributed by atoms with Gasteiger partial charge >= 0.3 is 6.36 Å². The van der Waals surface area contributed by atoms with Gasteiger partial charge in [-0.2, -0.15) is 0 Å². The van der Waals surface area contributed by atoms with Crippen molar-refractivity contribution in [3.63, 3.8) is 0 Å². The Morgan fingerprint density at radius 1 is 1.16 bits per heavy atom. The van der Waals surface area contributed by atoms with Crippen LogP contribution in [0.1, 0.15) is 37.7 Å². The molecule has 1 aliphatic heterocycles. The Morgan fingerprint density at radius 3 is 2.68 bits per heavy atom. The topological polar surface area (TPSA) is 38.7 Å². The standard InChI is InChI=1S/C24H23F4NO2/c25-19-9-7-16(8-10-19)23(30)17-4-2-6-21-18(14-29-22(21)13-17)11-15-3-1-5-20(12-15)31-24(26,27)28/h1-5,12-14,16,18-19H,6-11H2. The molecule has 0 spiro atoms. The van der Waals surface area contributed by atoms with Crippen LogP contribution in [0.3, 0.4) is 0 Å². The van der Waals surface area contributed by atoms with E-state index in [1.165, 1.54) is 18.2 Å². The van der Waals surface area contributed by atoms with Crippen molar-refractivity contribution in [1.82, 2.24) is 0 Å². The van der Waals surface area contributed by atoms with E-state index >= 15 is 0 Å². The molecule has 0 saturated heterocycles. The maximum atomic E-state index is 13.4. The van der Waals surface area contributed by atoms with Gasteiger partial charge in [-0.25, -0.2) is 4.39 Å². The van der Waals surface area contributed by atoms with Crippen molar-refractivity contribution < 1.29 is 27.1 Å². The van der Waals surface area contributed by atoms with Crippen molar-refractivity contribution in [2.75, 3.05) is 0 Å². The molecule has 0 bridgehead atoms. The van der Waals surface area contributed by atoms with E-state index in [1.807, 2.05) is 12.2 Å². The number of hydrogen-bond donors (Lipinski definition) is 0. The molecular formula is C24H23F4NO2. The van der Waals surface area contributed by atoms with Gasteiger partial charge in [-0.05, 0) is 67.9 Å². The Kier molecular flexibility index (Phi) is 6.12. The summed E-state index contributed by atoms with van der Waals surface area (Å²) in [5.41, 5.74) is 3.07. The molecule has 2 aliphatic carbocycles. The highest BCUT2D eigenvalue weighted by Gasteiger charge is 2.32. The molecule has 1 atom stereocenters. The van der Waals surface area contributed by atoms with Crippen molar-refractivity contribution in [1.29, 1.82) is 0 Å². The summed E-state index contributed by atoms with van der Waals surface area (Å²) in [4.78, 5) is 17.4. The fraction of sp³-hybridized carbons (Fsp3) is 0.417. The number of hydrogen-bond acceptors (Lipinski definition) is 3. The SMILES string of the molecule is O=C(C1=CC2=C(CC=C1)C(Cc1cccc(OC(F)(F)F)c1)C=N2)C1CCC(F)CC1. The molecule has 31 heavy (non-hydrogen) atoms. The molecule has 3 aliphatic rings. The smallest absolute Gasteiger partial charge is 0.406 e. The van der Waals surface area contributed by atoms with E-state index in [2.05, 4.69) is 9.73 Å². The molecule has 164 valence electrons. The number of ether oxygens (including phenoxy) is 1. The monoisotopic (exact) mass is 433 g/mol. The Balaban J connectivity index is 1.48. The molecule has 1 aromatic rings. The summed E-state index contributed by atoms with van der Waals surface area (Å²) in [6, 6.07) is 5.95. The predicted molar refractivity (Wildman–Crippen MR) is 110 cm³/mol. The van der Waals surface area contributed by atoms with Crippen molar-refractivity contribution in [3.05, 3.63) is 64.9 Å². The quantitative estimate of drug-likeness (QED) is 0.529. The summed E-state index contributed by atoms with van der Waals surface area (Å²) in [5, 5.41) is 0. The lowest BCUT2D eigenvalue weighted by Gasteiger charge is -2.23. The van der Waals surface area contributed by atoms with E-state index in [1.54, 1.807) is 18.4 Å². The second-order valence-electron chi connectivity index (χ2n) is 8.21. The van der Waals surface area contributed by atoms with Gasteiger partial charge in [0.2, 0.25) is 0 Å². The highest BCUT2D eigenvalue weighted by Crippen LogP contribution is 2.35. The molecule has 0 N–H and O–H groups in total. The normalized spacial score (nSPS) is 25.8. The molecule has 4 rings (SSSR count). The first-order chi connectivity index (χ1) is 14.8. The molecule has 1 heterocycles. The number of carbonyl (C=O) groups excluding carboxylic acids is 1. The average molecular weight is 433 g/mol. The van der Waals surface area contributed by atoms with E-state index in [9.17, 15) is 22.4 Å². The van der Waals surface area contributed by atoms with E-state index in [0.717, 1.165) is 11.3 Å². The third-order valence-corrected chi connectivity index (χ3v) is 6.00. The highest BCUT2D eigenvalue weighted by molar-refractivity contribution is 6.00. The van der Waals surface area contributed by atoms with Crippen LogP contribution in [0.25, 0.3) is 0 Å². The van der Waals surface area contributed by atoms with Crippen LogP contribution in [-0.2, 0) is 11.2 Å². The van der Waals surface area contributed by atoms with Gasteiger partial charge in [0.15, 0.2) is 5.78 Å². The van der Waals surface area contributed by atoms with Gasteiger partial charge in [0, 0.05) is 23.6 Å². The minimum absolute atomic E-state index is 0.0348. The fourth-order valence-corrected chi connectivity index (χ4v) is 4.43. The number of ketones is 1. The first-order valence-corrected chi connectivity index (χ1v) is 10.5. The Labute approximate surface area is 178 Å². The summed E-state index contributed by atoms with van der Waals surface area (Å²) in [7, 11) is 0. The third-order valence-electron chi connectivity index (χ3n) is 6.00. The molecule has 0 radical (unpaired) electrons. The second-order valence-corrected chi connectivity index (χ2v) is 8.21. The first kappa shape index (κ1) is 21.5. The van der Waals surface area contributed by atoms with E-state index in [4.69, 9.17) is 0 Å². The Bertz CT molecular complexity index is 966. The predicted octanol–water partition coefficient (Wildman–Crippen LogP) is 6.07. The van der Waals surface area contributed by atoms with Crippen LogP contribution in [0.2, 0.25) is 0 Å². The summed E-state index contributed by atoms with van der Waals surface area (Å²) in [6.07, 6.45) is 4.88.